The zero-order valence-electron chi connectivity index (χ0n) is 17.1. The molecule has 0 rings (SSSR count). The minimum atomic E-state index is -1.12. The van der Waals surface area contributed by atoms with Crippen molar-refractivity contribution in [1.29, 1.82) is 0 Å². The molecule has 0 spiro atoms. The molecule has 0 heterocycles. The Labute approximate surface area is 197 Å². The van der Waals surface area contributed by atoms with Crippen LogP contribution in [0.3, 0.4) is 0 Å². The topological polar surface area (TPSA) is 60.4 Å². The quantitative estimate of drug-likeness (QED) is 0.296. The number of rotatable bonds is 16. The molecule has 0 saturated heterocycles. The molecule has 0 bridgehead atoms. The third-order valence-electron chi connectivity index (χ3n) is 4.74. The Hall–Kier alpha value is 0.576. The van der Waals surface area contributed by atoms with Crippen molar-refractivity contribution < 1.29 is 66.1 Å². The van der Waals surface area contributed by atoms with Crippen molar-refractivity contribution in [3.8, 4) is 0 Å². The number of hydrogen-bond donors (Lipinski definition) is 0. The van der Waals surface area contributed by atoms with Gasteiger partial charge in [-0.15, -0.1) is 0 Å². The van der Waals surface area contributed by atoms with Gasteiger partial charge in [-0.2, -0.15) is 0 Å². The van der Waals surface area contributed by atoms with Gasteiger partial charge in [-0.25, -0.2) is 0 Å². The van der Waals surface area contributed by atoms with E-state index in [1.807, 2.05) is 13.8 Å². The van der Waals surface area contributed by atoms with Crippen molar-refractivity contribution in [3.05, 3.63) is 0 Å². The van der Waals surface area contributed by atoms with Gasteiger partial charge in [0, 0.05) is 25.0 Å². The summed E-state index contributed by atoms with van der Waals surface area (Å²) in [5.41, 5.74) is 0. The number of amides is 1. The average Bonchev–Trinajstić information content (AvgIpc) is 2.56. The first-order valence-electron chi connectivity index (χ1n) is 10.0. The fourth-order valence-corrected chi connectivity index (χ4v) is 3.19. The summed E-state index contributed by atoms with van der Waals surface area (Å²) in [6.45, 7) is 7.36. The largest absolute Gasteiger partial charge is 1.00 e. The van der Waals surface area contributed by atoms with Crippen LogP contribution in [0.1, 0.15) is 97.8 Å². The van der Waals surface area contributed by atoms with Gasteiger partial charge < -0.3 is 14.8 Å². The van der Waals surface area contributed by atoms with Crippen molar-refractivity contribution in [3.63, 3.8) is 0 Å². The molecule has 142 valence electrons. The summed E-state index contributed by atoms with van der Waals surface area (Å²) in [7, 11) is 0. The molecule has 0 fully saturated rings. The maximum atomic E-state index is 12.4. The number of carbonyl (C=O) groups excluding carboxylic acids is 2. The molecule has 1 atom stereocenters. The molecule has 0 radical (unpaired) electrons. The number of carboxylic acid groups (broad SMARTS) is 1. The number of hydrogen-bond acceptors (Lipinski definition) is 3. The molecule has 1 unspecified atom stereocenters. The van der Waals surface area contributed by atoms with Crippen molar-refractivity contribution >= 4 is 11.9 Å². The Morgan fingerprint density at radius 3 is 1.64 bits per heavy atom. The molecule has 0 aliphatic rings. The maximum Gasteiger partial charge on any atom is 1.00 e. The van der Waals surface area contributed by atoms with Crippen LogP contribution >= 0.6 is 0 Å². The van der Waals surface area contributed by atoms with Crippen LogP contribution in [0.25, 0.3) is 0 Å². The van der Waals surface area contributed by atoms with E-state index < -0.39 is 11.9 Å². The minimum Gasteiger partial charge on any atom is -0.550 e. The van der Waals surface area contributed by atoms with Gasteiger partial charge >= 0.3 is 51.4 Å². The molecule has 0 N–H and O–H groups in total. The van der Waals surface area contributed by atoms with E-state index in [2.05, 4.69) is 6.92 Å². The van der Waals surface area contributed by atoms with Gasteiger partial charge in [0.25, 0.3) is 0 Å². The molecular weight excluding hydrogens is 341 g/mol. The predicted molar refractivity (Wildman–Crippen MR) is 97.5 cm³/mol. The summed E-state index contributed by atoms with van der Waals surface area (Å²) in [6, 6.07) is 0. The Morgan fingerprint density at radius 1 is 0.800 bits per heavy atom. The van der Waals surface area contributed by atoms with E-state index in [0.717, 1.165) is 12.8 Å². The molecule has 25 heavy (non-hydrogen) atoms. The van der Waals surface area contributed by atoms with E-state index in [1.54, 1.807) is 4.90 Å². The van der Waals surface area contributed by atoms with Crippen LogP contribution in [0.15, 0.2) is 0 Å². The first-order valence-corrected chi connectivity index (χ1v) is 10.0. The van der Waals surface area contributed by atoms with E-state index in [-0.39, 0.29) is 63.7 Å². The summed E-state index contributed by atoms with van der Waals surface area (Å²) in [6.07, 6.45) is 12.9. The van der Waals surface area contributed by atoms with Gasteiger partial charge in [0.15, 0.2) is 0 Å². The first-order chi connectivity index (χ1) is 11.6. The zero-order chi connectivity index (χ0) is 18.2. The second-order valence-electron chi connectivity index (χ2n) is 6.75. The third kappa shape index (κ3) is 15.3. The average molecular weight is 380 g/mol. The van der Waals surface area contributed by atoms with Crippen LogP contribution < -0.4 is 56.5 Å². The van der Waals surface area contributed by atoms with Crippen LogP contribution in [0.5, 0.6) is 0 Å². The van der Waals surface area contributed by atoms with Gasteiger partial charge in [-0.05, 0) is 26.7 Å². The minimum absolute atomic E-state index is 0. The molecular formula is C20H38KNO3. The molecule has 0 aromatic carbocycles. The Bertz CT molecular complexity index is 333. The van der Waals surface area contributed by atoms with E-state index in [0.29, 0.717) is 19.5 Å². The first kappa shape index (κ1) is 27.8. The smallest absolute Gasteiger partial charge is 0.550 e. The molecule has 0 aromatic rings. The number of aliphatic carboxylic acids is 1. The van der Waals surface area contributed by atoms with Crippen LogP contribution in [0, 0.1) is 5.92 Å². The van der Waals surface area contributed by atoms with E-state index in [9.17, 15) is 14.7 Å². The van der Waals surface area contributed by atoms with Crippen molar-refractivity contribution in [2.24, 2.45) is 5.92 Å². The maximum absolute atomic E-state index is 12.4. The number of carbonyl (C=O) groups is 2. The molecule has 1 amide bonds. The molecule has 0 aliphatic carbocycles. The van der Waals surface area contributed by atoms with Gasteiger partial charge in [0.2, 0.25) is 5.91 Å². The molecule has 0 aliphatic heterocycles. The predicted octanol–water partition coefficient (Wildman–Crippen LogP) is 0.926. The standard InChI is InChI=1S/C20H39NO3.K/c1-4-7-8-9-10-11-12-13-14-15-16-18(17-19(22)23)20(24)21(5-2)6-3;/h18H,4-17H2,1-3H3,(H,22,23);/q;+1/p-1. The van der Waals surface area contributed by atoms with Crippen LogP contribution in [-0.4, -0.2) is 29.9 Å². The van der Waals surface area contributed by atoms with E-state index >= 15 is 0 Å². The fraction of sp³-hybridized carbons (Fsp3) is 0.900. The number of nitrogens with zero attached hydrogens (tertiary/aromatic N) is 1. The van der Waals surface area contributed by atoms with Crippen LogP contribution in [-0.2, 0) is 9.59 Å². The van der Waals surface area contributed by atoms with Gasteiger partial charge in [-0.3, -0.25) is 4.79 Å². The second-order valence-corrected chi connectivity index (χ2v) is 6.75. The Kier molecular flexibility index (Phi) is 21.5. The molecule has 5 heteroatoms. The Morgan fingerprint density at radius 2 is 1.24 bits per heavy atom. The number of carboxylic acids is 1. The van der Waals surface area contributed by atoms with E-state index in [1.165, 1.54) is 51.4 Å². The summed E-state index contributed by atoms with van der Waals surface area (Å²) in [4.78, 5) is 25.0. The monoisotopic (exact) mass is 379 g/mol. The number of unbranched alkanes of at least 4 members (excludes halogenated alkanes) is 9. The third-order valence-corrected chi connectivity index (χ3v) is 4.74. The van der Waals surface area contributed by atoms with Gasteiger partial charge in [0.1, 0.15) is 0 Å². The fourth-order valence-electron chi connectivity index (χ4n) is 3.19. The van der Waals surface area contributed by atoms with Crippen molar-refractivity contribution in [2.75, 3.05) is 13.1 Å². The second kappa shape index (κ2) is 19.3. The van der Waals surface area contributed by atoms with Crippen molar-refractivity contribution in [1.82, 2.24) is 4.90 Å². The normalized spacial score (nSPS) is 11.6. The van der Waals surface area contributed by atoms with Crippen LogP contribution in [0.2, 0.25) is 0 Å². The van der Waals surface area contributed by atoms with Gasteiger partial charge in [-0.1, -0.05) is 71.1 Å². The van der Waals surface area contributed by atoms with Gasteiger partial charge in [0.05, 0.1) is 0 Å². The van der Waals surface area contributed by atoms with E-state index in [4.69, 9.17) is 0 Å². The zero-order valence-corrected chi connectivity index (χ0v) is 20.3. The SMILES string of the molecule is CCCCCCCCCCCCC(CC(=O)[O-])C(=O)N(CC)CC.[K+]. The Balaban J connectivity index is 0. The summed E-state index contributed by atoms with van der Waals surface area (Å²) in [5.74, 6) is -1.56. The summed E-state index contributed by atoms with van der Waals surface area (Å²) >= 11 is 0. The van der Waals surface area contributed by atoms with Crippen LogP contribution in [0.4, 0.5) is 0 Å². The van der Waals surface area contributed by atoms with Crippen molar-refractivity contribution in [2.45, 2.75) is 97.8 Å². The molecule has 0 saturated carbocycles. The summed E-state index contributed by atoms with van der Waals surface area (Å²) < 4.78 is 0. The molecule has 4 nitrogen and oxygen atoms in total. The molecule has 0 aromatic heterocycles. The summed E-state index contributed by atoms with van der Waals surface area (Å²) in [5, 5.41) is 10.9.